The minimum atomic E-state index is -0.155. The maximum Gasteiger partial charge on any atom is 0.123 e. The summed E-state index contributed by atoms with van der Waals surface area (Å²) < 4.78 is 12.7. The number of rotatable bonds is 1. The zero-order valence-electron chi connectivity index (χ0n) is 43.4. The molecule has 0 bridgehead atoms. The van der Waals surface area contributed by atoms with E-state index in [2.05, 4.69) is 255 Å². The van der Waals surface area contributed by atoms with Crippen LogP contribution in [0.25, 0.3) is 0 Å². The molecule has 62 heavy (non-hydrogen) atoms. The summed E-state index contributed by atoms with van der Waals surface area (Å²) in [4.78, 5) is 0. The van der Waals surface area contributed by atoms with Crippen LogP contribution in [0.15, 0.2) is 127 Å². The number of aryl methyl sites for hydroxylation is 3. The predicted molar refractivity (Wildman–Crippen MR) is 281 cm³/mol. The Labute approximate surface area is 385 Å². The molecule has 0 atom stereocenters. The molecule has 0 unspecified atom stereocenters. The lowest BCUT2D eigenvalue weighted by atomic mass is 9.86. The third kappa shape index (κ3) is 27.9. The van der Waals surface area contributed by atoms with E-state index >= 15 is 0 Å². The summed E-state index contributed by atoms with van der Waals surface area (Å²) in [5, 5.41) is 0. The van der Waals surface area contributed by atoms with Gasteiger partial charge in [-0.2, -0.15) is 0 Å². The lowest BCUT2D eigenvalue weighted by Crippen LogP contribution is -2.10. The average molecular weight is 847 g/mol. The summed E-state index contributed by atoms with van der Waals surface area (Å²) >= 11 is 0. The number of hydrogen-bond acceptors (Lipinski definition) is 0. The average Bonchev–Trinajstić information content (AvgIpc) is 3.11. The van der Waals surface area contributed by atoms with Gasteiger partial charge in [0.25, 0.3) is 0 Å². The molecule has 5 aromatic rings. The quantitative estimate of drug-likeness (QED) is 0.158. The van der Waals surface area contributed by atoms with Crippen LogP contribution in [0.2, 0.25) is 0 Å². The molecular weight excluding hydrogens is 752 g/mol. The van der Waals surface area contributed by atoms with Crippen molar-refractivity contribution in [1.29, 1.82) is 0 Å². The van der Waals surface area contributed by atoms with Crippen molar-refractivity contribution in [2.75, 3.05) is 0 Å². The summed E-state index contributed by atoms with van der Waals surface area (Å²) in [6.45, 7) is 48.4. The first-order chi connectivity index (χ1) is 27.7. The van der Waals surface area contributed by atoms with E-state index in [-0.39, 0.29) is 34.9 Å². The molecule has 0 nitrogen and oxygen atoms in total. The van der Waals surface area contributed by atoms with E-state index in [1.54, 1.807) is 12.1 Å². The SMILES string of the molecule is C.CC(C)(C)c1cccc(F)c1.CC(C)(C)c1ccccc1.CCCC(C)(C)C.Cc1ccc(C(C)(C)C)cc1.Cc1ccc(C(C)(C)C)cc1.Cc1cccc(C(C)(C)C)c1. The fourth-order valence-corrected chi connectivity index (χ4v) is 5.86. The Morgan fingerprint density at radius 1 is 0.339 bits per heavy atom. The maximum absolute atomic E-state index is 12.7. The Bertz CT molecular complexity index is 1770. The van der Waals surface area contributed by atoms with Crippen molar-refractivity contribution in [3.05, 3.63) is 178 Å². The summed E-state index contributed by atoms with van der Waals surface area (Å²) in [5.74, 6) is -0.155. The van der Waals surface area contributed by atoms with Gasteiger partial charge < -0.3 is 0 Å². The van der Waals surface area contributed by atoms with Crippen LogP contribution < -0.4 is 0 Å². The molecule has 0 amide bonds. The third-order valence-electron chi connectivity index (χ3n) is 10.0. The first-order valence-electron chi connectivity index (χ1n) is 22.7. The molecule has 0 aliphatic carbocycles. The fourth-order valence-electron chi connectivity index (χ4n) is 5.86. The van der Waals surface area contributed by atoms with Gasteiger partial charge in [0, 0.05) is 0 Å². The second-order valence-corrected chi connectivity index (χ2v) is 23.0. The van der Waals surface area contributed by atoms with E-state index in [1.807, 2.05) is 6.07 Å². The largest absolute Gasteiger partial charge is 0.207 e. The monoisotopic (exact) mass is 847 g/mol. The van der Waals surface area contributed by atoms with Crippen molar-refractivity contribution in [2.24, 2.45) is 5.41 Å². The number of hydrogen-bond donors (Lipinski definition) is 0. The van der Waals surface area contributed by atoms with Crippen LogP contribution in [0.3, 0.4) is 0 Å². The minimum absolute atomic E-state index is 0. The van der Waals surface area contributed by atoms with Gasteiger partial charge in [0.2, 0.25) is 0 Å². The van der Waals surface area contributed by atoms with Crippen molar-refractivity contribution in [1.82, 2.24) is 0 Å². The normalized spacial score (nSPS) is 11.5. The molecule has 0 aromatic heterocycles. The summed E-state index contributed by atoms with van der Waals surface area (Å²) in [7, 11) is 0. The Morgan fingerprint density at radius 3 is 0.871 bits per heavy atom. The highest BCUT2D eigenvalue weighted by molar-refractivity contribution is 5.29. The lowest BCUT2D eigenvalue weighted by molar-refractivity contribution is 0.373. The second kappa shape index (κ2) is 26.6. The second-order valence-electron chi connectivity index (χ2n) is 23.0. The van der Waals surface area contributed by atoms with E-state index in [1.165, 1.54) is 57.9 Å². The molecule has 0 aliphatic heterocycles. The molecule has 0 fully saturated rings. The van der Waals surface area contributed by atoms with Gasteiger partial charge in [0.1, 0.15) is 5.82 Å². The number of benzene rings is 5. The third-order valence-corrected chi connectivity index (χ3v) is 10.0. The Balaban J connectivity index is 0. The molecule has 1 heteroatoms. The molecule has 0 radical (unpaired) electrons. The van der Waals surface area contributed by atoms with Crippen molar-refractivity contribution in [3.63, 3.8) is 0 Å². The molecule has 5 aromatic carbocycles. The zero-order valence-corrected chi connectivity index (χ0v) is 43.4. The van der Waals surface area contributed by atoms with Crippen LogP contribution in [0.1, 0.15) is 196 Å². The summed E-state index contributed by atoms with van der Waals surface area (Å²) in [6, 6.07) is 43.5. The van der Waals surface area contributed by atoms with E-state index in [0.717, 1.165) is 5.56 Å². The first-order valence-corrected chi connectivity index (χ1v) is 22.7. The van der Waals surface area contributed by atoms with E-state index in [0.29, 0.717) is 10.8 Å². The molecule has 0 saturated carbocycles. The minimum Gasteiger partial charge on any atom is -0.207 e. The van der Waals surface area contributed by atoms with Crippen molar-refractivity contribution < 1.29 is 4.39 Å². The molecule has 0 spiro atoms. The Kier molecular flexibility index (Phi) is 25.8. The number of halogens is 1. The van der Waals surface area contributed by atoms with E-state index in [9.17, 15) is 4.39 Å². The molecule has 0 N–H and O–H groups in total. The van der Waals surface area contributed by atoms with Crippen LogP contribution in [0.5, 0.6) is 0 Å². The van der Waals surface area contributed by atoms with Gasteiger partial charge in [0.15, 0.2) is 0 Å². The smallest absolute Gasteiger partial charge is 0.123 e. The van der Waals surface area contributed by atoms with Gasteiger partial charge >= 0.3 is 0 Å². The molecule has 0 saturated heterocycles. The highest BCUT2D eigenvalue weighted by Crippen LogP contribution is 2.25. The van der Waals surface area contributed by atoms with Gasteiger partial charge in [-0.15, -0.1) is 0 Å². The highest BCUT2D eigenvalue weighted by Gasteiger charge is 2.15. The molecule has 0 aliphatic rings. The molecule has 5 rings (SSSR count). The van der Waals surface area contributed by atoms with Gasteiger partial charge in [-0.05, 0) is 99.6 Å². The standard InChI is InChI=1S/3C11H16.C10H13F.C10H14.C7H16.CH4/c2*1-9-5-7-10(8-6-9)11(2,3)4;1-9-6-5-7-10(8-9)11(2,3)4;1-10(2,3)8-5-4-6-9(11)7-8;1-10(2,3)9-7-5-4-6-8-9;1-5-6-7(2,3)4;/h3*5-8H,1-4H3;4-7H,1-3H3;4-8H,1-3H3;5-6H2,1-4H3;1H4. The van der Waals surface area contributed by atoms with Gasteiger partial charge in [-0.1, -0.05) is 277 Å². The molecular formula is C61H95F. The molecule has 346 valence electrons. The van der Waals surface area contributed by atoms with Gasteiger partial charge in [0.05, 0.1) is 0 Å². The molecule has 0 heterocycles. The lowest BCUT2D eigenvalue weighted by Gasteiger charge is -2.19. The summed E-state index contributed by atoms with van der Waals surface area (Å²) in [5.41, 5.74) is 12.4. The Morgan fingerprint density at radius 2 is 0.645 bits per heavy atom. The first kappa shape index (κ1) is 60.1. The van der Waals surface area contributed by atoms with Crippen LogP contribution in [0, 0.1) is 32.0 Å². The van der Waals surface area contributed by atoms with E-state index in [4.69, 9.17) is 0 Å². The van der Waals surface area contributed by atoms with Crippen LogP contribution in [0.4, 0.5) is 4.39 Å². The van der Waals surface area contributed by atoms with Crippen molar-refractivity contribution >= 4 is 0 Å². The topological polar surface area (TPSA) is 0 Å². The highest BCUT2D eigenvalue weighted by atomic mass is 19.1. The van der Waals surface area contributed by atoms with Crippen LogP contribution in [-0.4, -0.2) is 0 Å². The van der Waals surface area contributed by atoms with Crippen molar-refractivity contribution in [3.8, 4) is 0 Å². The van der Waals surface area contributed by atoms with Crippen molar-refractivity contribution in [2.45, 2.75) is 200 Å². The Hall–Kier alpha value is -3.97. The van der Waals surface area contributed by atoms with E-state index < -0.39 is 0 Å². The van der Waals surface area contributed by atoms with Gasteiger partial charge in [-0.3, -0.25) is 0 Å². The van der Waals surface area contributed by atoms with Crippen LogP contribution >= 0.6 is 0 Å². The maximum atomic E-state index is 12.7. The van der Waals surface area contributed by atoms with Gasteiger partial charge in [-0.25, -0.2) is 4.39 Å². The predicted octanol–water partition coefficient (Wildman–Crippen LogP) is 19.5. The zero-order chi connectivity index (χ0) is 47.5. The fraction of sp³-hybridized carbons (Fsp3) is 0.508. The summed E-state index contributed by atoms with van der Waals surface area (Å²) in [6.07, 6.45) is 2.65. The van der Waals surface area contributed by atoms with Crippen LogP contribution in [-0.2, 0) is 27.1 Å².